The topological polar surface area (TPSA) is 99.6 Å². The molecule has 0 amide bonds. The molecule has 2 rings (SSSR count). The summed E-state index contributed by atoms with van der Waals surface area (Å²) < 4.78 is 12.6. The maximum Gasteiger partial charge on any atom is 0.263 e. The van der Waals surface area contributed by atoms with Crippen LogP contribution in [0.2, 0.25) is 0 Å². The smallest absolute Gasteiger partial charge is 0.263 e. The van der Waals surface area contributed by atoms with Crippen LogP contribution in [0.5, 0.6) is 11.5 Å². The fourth-order valence-corrected chi connectivity index (χ4v) is 2.00. The van der Waals surface area contributed by atoms with Crippen LogP contribution >= 0.6 is 15.9 Å². The fraction of sp³-hybridized carbons (Fsp3) is 0.250. The maximum atomic E-state index is 5.70. The quantitative estimate of drug-likeness (QED) is 0.479. The van der Waals surface area contributed by atoms with Crippen molar-refractivity contribution in [2.24, 2.45) is 5.10 Å². The van der Waals surface area contributed by atoms with Crippen molar-refractivity contribution in [1.82, 2.24) is 14.9 Å². The number of benzene rings is 1. The Hall–Kier alpha value is -2.29. The van der Waals surface area contributed by atoms with E-state index in [4.69, 9.17) is 15.3 Å². The Labute approximate surface area is 130 Å². The van der Waals surface area contributed by atoms with Gasteiger partial charge in [0, 0.05) is 10.0 Å². The van der Waals surface area contributed by atoms with Gasteiger partial charge in [-0.25, -0.2) is 10.1 Å². The third kappa shape index (κ3) is 3.24. The van der Waals surface area contributed by atoms with Crippen molar-refractivity contribution in [3.05, 3.63) is 28.0 Å². The van der Waals surface area contributed by atoms with Gasteiger partial charge in [0.05, 0.1) is 20.4 Å². The number of aromatic nitrogens is 3. The lowest BCUT2D eigenvalue weighted by molar-refractivity contribution is 0.354. The van der Waals surface area contributed by atoms with Gasteiger partial charge >= 0.3 is 0 Å². The molecule has 21 heavy (non-hydrogen) atoms. The van der Waals surface area contributed by atoms with Crippen LogP contribution in [0.25, 0.3) is 0 Å². The number of anilines is 1. The van der Waals surface area contributed by atoms with Crippen molar-refractivity contribution in [2.75, 3.05) is 25.5 Å². The van der Waals surface area contributed by atoms with Crippen molar-refractivity contribution in [3.8, 4) is 11.5 Å². The number of hydrogen-bond acceptors (Lipinski definition) is 7. The molecule has 0 saturated heterocycles. The molecule has 0 radical (unpaired) electrons. The third-order valence-corrected chi connectivity index (χ3v) is 3.42. The Morgan fingerprint density at radius 3 is 2.52 bits per heavy atom. The Balaban J connectivity index is 2.19. The molecule has 1 aromatic carbocycles. The second-order valence-electron chi connectivity index (χ2n) is 4.04. The van der Waals surface area contributed by atoms with Crippen LogP contribution in [0.3, 0.4) is 0 Å². The van der Waals surface area contributed by atoms with E-state index in [1.165, 1.54) is 4.68 Å². The van der Waals surface area contributed by atoms with Gasteiger partial charge in [-0.3, -0.25) is 0 Å². The normalized spacial score (nSPS) is 10.9. The number of ether oxygens (including phenoxy) is 2. The lowest BCUT2D eigenvalue weighted by Gasteiger charge is -2.09. The SMILES string of the molecule is COc1cc(Br)c(/C=N\Nc2nnc(C)n2N)cc1OC. The first-order valence-corrected chi connectivity index (χ1v) is 6.73. The second-order valence-corrected chi connectivity index (χ2v) is 4.89. The molecule has 8 nitrogen and oxygen atoms in total. The first kappa shape index (κ1) is 15.1. The summed E-state index contributed by atoms with van der Waals surface area (Å²) in [4.78, 5) is 0. The van der Waals surface area contributed by atoms with Gasteiger partial charge in [0.25, 0.3) is 5.95 Å². The minimum Gasteiger partial charge on any atom is -0.493 e. The monoisotopic (exact) mass is 354 g/mol. The van der Waals surface area contributed by atoms with E-state index in [-0.39, 0.29) is 0 Å². The van der Waals surface area contributed by atoms with Gasteiger partial charge in [-0.05, 0) is 35.0 Å². The highest BCUT2D eigenvalue weighted by Crippen LogP contribution is 2.32. The molecule has 2 aromatic rings. The highest BCUT2D eigenvalue weighted by molar-refractivity contribution is 9.10. The molecule has 1 aromatic heterocycles. The van der Waals surface area contributed by atoms with E-state index in [1.54, 1.807) is 39.5 Å². The molecule has 1 heterocycles. The van der Waals surface area contributed by atoms with Crippen molar-refractivity contribution >= 4 is 28.1 Å². The summed E-state index contributed by atoms with van der Waals surface area (Å²) in [6.07, 6.45) is 1.61. The summed E-state index contributed by atoms with van der Waals surface area (Å²) in [5.41, 5.74) is 3.52. The molecule has 3 N–H and O–H groups in total. The predicted octanol–water partition coefficient (Wildman–Crippen LogP) is 1.53. The molecule has 0 atom stereocenters. The number of aryl methyl sites for hydroxylation is 1. The molecular formula is C12H15BrN6O2. The molecular weight excluding hydrogens is 340 g/mol. The molecule has 0 spiro atoms. The zero-order valence-corrected chi connectivity index (χ0v) is 13.4. The van der Waals surface area contributed by atoms with E-state index < -0.39 is 0 Å². The summed E-state index contributed by atoms with van der Waals surface area (Å²) in [6.45, 7) is 1.74. The van der Waals surface area contributed by atoms with Gasteiger partial charge in [0.1, 0.15) is 0 Å². The summed E-state index contributed by atoms with van der Waals surface area (Å²) in [7, 11) is 3.15. The van der Waals surface area contributed by atoms with Crippen LogP contribution in [0.4, 0.5) is 5.95 Å². The average molecular weight is 355 g/mol. The minimum absolute atomic E-state index is 0.348. The van der Waals surface area contributed by atoms with Crippen molar-refractivity contribution < 1.29 is 9.47 Å². The van der Waals surface area contributed by atoms with Crippen LogP contribution in [0.15, 0.2) is 21.7 Å². The largest absolute Gasteiger partial charge is 0.493 e. The Kier molecular flexibility index (Phi) is 4.63. The lowest BCUT2D eigenvalue weighted by atomic mass is 10.2. The van der Waals surface area contributed by atoms with E-state index in [2.05, 4.69) is 36.7 Å². The Morgan fingerprint density at radius 1 is 1.29 bits per heavy atom. The molecule has 0 aliphatic carbocycles. The van der Waals surface area contributed by atoms with Gasteiger partial charge in [0.2, 0.25) is 0 Å². The zero-order valence-electron chi connectivity index (χ0n) is 11.8. The molecule has 9 heteroatoms. The molecule has 0 aliphatic heterocycles. The zero-order chi connectivity index (χ0) is 15.4. The third-order valence-electron chi connectivity index (χ3n) is 2.74. The highest BCUT2D eigenvalue weighted by atomic mass is 79.9. The van der Waals surface area contributed by atoms with Gasteiger partial charge in [0.15, 0.2) is 17.3 Å². The van der Waals surface area contributed by atoms with E-state index in [0.29, 0.717) is 23.3 Å². The Bertz CT molecular complexity index is 670. The highest BCUT2D eigenvalue weighted by Gasteiger charge is 2.08. The number of nitrogens with one attached hydrogen (secondary N) is 1. The molecule has 0 bridgehead atoms. The number of hydrogen-bond donors (Lipinski definition) is 2. The Morgan fingerprint density at radius 2 is 1.95 bits per heavy atom. The lowest BCUT2D eigenvalue weighted by Crippen LogP contribution is -2.13. The number of hydrazone groups is 1. The van der Waals surface area contributed by atoms with Crippen molar-refractivity contribution in [3.63, 3.8) is 0 Å². The number of rotatable bonds is 5. The second kappa shape index (κ2) is 6.44. The standard InChI is InChI=1S/C12H15BrN6O2/c1-7-16-18-12(19(7)14)17-15-6-8-4-10(20-2)11(21-3)5-9(8)13/h4-6H,14H2,1-3H3,(H,17,18)/b15-6-. The average Bonchev–Trinajstić information content (AvgIpc) is 2.80. The van der Waals surface area contributed by atoms with Crippen LogP contribution < -0.4 is 20.7 Å². The molecule has 0 fully saturated rings. The van der Waals surface area contributed by atoms with Crippen LogP contribution in [-0.4, -0.2) is 35.3 Å². The summed E-state index contributed by atoms with van der Waals surface area (Å²) in [5, 5.41) is 11.7. The van der Waals surface area contributed by atoms with Crippen molar-refractivity contribution in [1.29, 1.82) is 0 Å². The van der Waals surface area contributed by atoms with Gasteiger partial charge in [-0.1, -0.05) is 0 Å². The summed E-state index contributed by atoms with van der Waals surface area (Å²) >= 11 is 3.44. The van der Waals surface area contributed by atoms with Crippen LogP contribution in [-0.2, 0) is 0 Å². The molecule has 0 aliphatic rings. The van der Waals surface area contributed by atoms with E-state index >= 15 is 0 Å². The van der Waals surface area contributed by atoms with Crippen LogP contribution in [0.1, 0.15) is 11.4 Å². The maximum absolute atomic E-state index is 5.70. The predicted molar refractivity (Wildman–Crippen MR) is 83.4 cm³/mol. The molecule has 0 saturated carbocycles. The minimum atomic E-state index is 0.348. The first-order chi connectivity index (χ1) is 10.1. The van der Waals surface area contributed by atoms with Crippen molar-refractivity contribution in [2.45, 2.75) is 6.92 Å². The molecule has 112 valence electrons. The number of halogens is 1. The van der Waals surface area contributed by atoms with E-state index in [1.807, 2.05) is 0 Å². The summed E-state index contributed by atoms with van der Waals surface area (Å²) in [6, 6.07) is 3.60. The van der Waals surface area contributed by atoms with Gasteiger partial charge in [-0.2, -0.15) is 5.10 Å². The summed E-state index contributed by atoms with van der Waals surface area (Å²) in [5.74, 6) is 7.88. The fourth-order valence-electron chi connectivity index (χ4n) is 1.57. The van der Waals surface area contributed by atoms with Gasteiger partial charge < -0.3 is 15.3 Å². The van der Waals surface area contributed by atoms with Gasteiger partial charge in [-0.15, -0.1) is 10.2 Å². The first-order valence-electron chi connectivity index (χ1n) is 5.94. The number of nitrogen functional groups attached to an aromatic ring is 1. The van der Waals surface area contributed by atoms with E-state index in [0.717, 1.165) is 10.0 Å². The van der Waals surface area contributed by atoms with E-state index in [9.17, 15) is 0 Å². The molecule has 0 unspecified atom stereocenters. The number of nitrogens with zero attached hydrogens (tertiary/aromatic N) is 4. The number of nitrogens with two attached hydrogens (primary N) is 1. The van der Waals surface area contributed by atoms with Crippen LogP contribution in [0, 0.1) is 6.92 Å². The number of methoxy groups -OCH3 is 2.